The van der Waals surface area contributed by atoms with E-state index in [9.17, 15) is 0 Å². The minimum atomic E-state index is 0.583. The molecule has 1 saturated heterocycles. The molecule has 5 aromatic rings. The minimum absolute atomic E-state index is 0.583. The summed E-state index contributed by atoms with van der Waals surface area (Å²) in [6.45, 7) is 2.89. The molecule has 1 fully saturated rings. The Bertz CT molecular complexity index is 1320. The van der Waals surface area contributed by atoms with Crippen LogP contribution >= 0.6 is 0 Å². The standard InChI is InChI=1S/C21H17N5O2/c1-2-15-17-18(28-21(15)23-6-1)20(26-8-10-27-11-9-26)25-19(24-17)14-3-4-16-13(12-14)5-7-22-16/h1-7,12,22H,8-11H2. The van der Waals surface area contributed by atoms with Crippen molar-refractivity contribution in [1.29, 1.82) is 0 Å². The van der Waals surface area contributed by atoms with Gasteiger partial charge in [-0.2, -0.15) is 0 Å². The molecule has 0 unspecified atom stereocenters. The predicted octanol–water partition coefficient (Wildman–Crippen LogP) is 3.76. The van der Waals surface area contributed by atoms with Gasteiger partial charge in [-0.3, -0.25) is 0 Å². The van der Waals surface area contributed by atoms with Crippen molar-refractivity contribution in [1.82, 2.24) is 19.9 Å². The second-order valence-corrected chi connectivity index (χ2v) is 6.89. The molecular weight excluding hydrogens is 354 g/mol. The molecule has 0 spiro atoms. The van der Waals surface area contributed by atoms with Crippen LogP contribution < -0.4 is 4.90 Å². The first kappa shape index (κ1) is 15.6. The molecule has 5 heterocycles. The molecule has 1 aromatic carbocycles. The topological polar surface area (TPSA) is 80.1 Å². The van der Waals surface area contributed by atoms with E-state index in [4.69, 9.17) is 19.1 Å². The molecule has 6 rings (SSSR count). The van der Waals surface area contributed by atoms with Gasteiger partial charge >= 0.3 is 0 Å². The number of furan rings is 1. The maximum absolute atomic E-state index is 6.06. The molecule has 0 bridgehead atoms. The smallest absolute Gasteiger partial charge is 0.229 e. The van der Waals surface area contributed by atoms with Gasteiger partial charge in [0.2, 0.25) is 5.71 Å². The van der Waals surface area contributed by atoms with Crippen LogP contribution in [-0.4, -0.2) is 46.2 Å². The van der Waals surface area contributed by atoms with E-state index in [0.29, 0.717) is 30.3 Å². The van der Waals surface area contributed by atoms with E-state index in [1.165, 1.54) is 0 Å². The number of aromatic amines is 1. The van der Waals surface area contributed by atoms with Crippen molar-refractivity contribution < 1.29 is 9.15 Å². The Kier molecular flexibility index (Phi) is 3.36. The van der Waals surface area contributed by atoms with Crippen LogP contribution in [0.1, 0.15) is 0 Å². The summed E-state index contributed by atoms with van der Waals surface area (Å²) in [5.74, 6) is 1.49. The summed E-state index contributed by atoms with van der Waals surface area (Å²) in [6, 6.07) is 12.2. The number of rotatable bonds is 2. The number of nitrogens with zero attached hydrogens (tertiary/aromatic N) is 4. The molecule has 28 heavy (non-hydrogen) atoms. The van der Waals surface area contributed by atoms with Crippen molar-refractivity contribution in [3.8, 4) is 11.4 Å². The fourth-order valence-corrected chi connectivity index (χ4v) is 3.78. The van der Waals surface area contributed by atoms with Gasteiger partial charge in [-0.05, 0) is 36.4 Å². The van der Waals surface area contributed by atoms with Crippen LogP contribution in [0.3, 0.4) is 0 Å². The zero-order valence-electron chi connectivity index (χ0n) is 15.1. The van der Waals surface area contributed by atoms with Gasteiger partial charge in [-0.1, -0.05) is 0 Å². The average Bonchev–Trinajstić information content (AvgIpc) is 3.37. The van der Waals surface area contributed by atoms with Gasteiger partial charge in [-0.25, -0.2) is 15.0 Å². The lowest BCUT2D eigenvalue weighted by atomic mass is 10.1. The Morgan fingerprint density at radius 1 is 1.04 bits per heavy atom. The number of ether oxygens (including phenoxy) is 1. The Morgan fingerprint density at radius 3 is 2.89 bits per heavy atom. The van der Waals surface area contributed by atoms with Crippen molar-refractivity contribution in [3.05, 3.63) is 48.8 Å². The van der Waals surface area contributed by atoms with E-state index in [0.717, 1.165) is 46.3 Å². The highest BCUT2D eigenvalue weighted by atomic mass is 16.5. The molecule has 0 atom stereocenters. The third-order valence-electron chi connectivity index (χ3n) is 5.19. The van der Waals surface area contributed by atoms with Gasteiger partial charge in [0.05, 0.1) is 18.6 Å². The maximum atomic E-state index is 6.06. The Hall–Kier alpha value is -3.45. The first-order valence-electron chi connectivity index (χ1n) is 9.32. The molecule has 7 nitrogen and oxygen atoms in total. The Balaban J connectivity index is 1.62. The van der Waals surface area contributed by atoms with Gasteiger partial charge < -0.3 is 19.0 Å². The van der Waals surface area contributed by atoms with Gasteiger partial charge in [0, 0.05) is 41.9 Å². The Morgan fingerprint density at radius 2 is 1.96 bits per heavy atom. The molecular formula is C21H17N5O2. The highest BCUT2D eigenvalue weighted by Crippen LogP contribution is 2.34. The van der Waals surface area contributed by atoms with Crippen molar-refractivity contribution in [2.24, 2.45) is 0 Å². The lowest BCUT2D eigenvalue weighted by Crippen LogP contribution is -2.37. The average molecular weight is 371 g/mol. The van der Waals surface area contributed by atoms with Crippen LogP contribution in [0.5, 0.6) is 0 Å². The molecule has 1 aliphatic heterocycles. The van der Waals surface area contributed by atoms with Gasteiger partial charge in [0.15, 0.2) is 17.2 Å². The maximum Gasteiger partial charge on any atom is 0.229 e. The number of aromatic nitrogens is 4. The van der Waals surface area contributed by atoms with E-state index in [-0.39, 0.29) is 0 Å². The van der Waals surface area contributed by atoms with Gasteiger partial charge in [-0.15, -0.1) is 0 Å². The summed E-state index contributed by atoms with van der Waals surface area (Å²) < 4.78 is 11.6. The van der Waals surface area contributed by atoms with Crippen LogP contribution in [0.2, 0.25) is 0 Å². The molecule has 4 aromatic heterocycles. The molecule has 0 saturated carbocycles. The number of hydrogen-bond acceptors (Lipinski definition) is 6. The lowest BCUT2D eigenvalue weighted by Gasteiger charge is -2.27. The zero-order chi connectivity index (χ0) is 18.5. The SMILES string of the molecule is c1cnc2oc3c(N4CCOCC4)nc(-c4ccc5[nH]ccc5c4)nc3c2c1. The van der Waals surface area contributed by atoms with Crippen molar-refractivity contribution in [2.45, 2.75) is 0 Å². The summed E-state index contributed by atoms with van der Waals surface area (Å²) in [7, 11) is 0. The van der Waals surface area contributed by atoms with E-state index in [1.807, 2.05) is 24.4 Å². The molecule has 7 heteroatoms. The first-order valence-corrected chi connectivity index (χ1v) is 9.32. The molecule has 1 N–H and O–H groups in total. The van der Waals surface area contributed by atoms with Crippen molar-refractivity contribution >= 4 is 38.9 Å². The third kappa shape index (κ3) is 2.36. The van der Waals surface area contributed by atoms with Crippen LogP contribution in [0.25, 0.3) is 44.5 Å². The largest absolute Gasteiger partial charge is 0.432 e. The van der Waals surface area contributed by atoms with Gasteiger partial charge in [0.1, 0.15) is 5.52 Å². The number of hydrogen-bond donors (Lipinski definition) is 1. The quantitative estimate of drug-likeness (QED) is 0.509. The van der Waals surface area contributed by atoms with Crippen molar-refractivity contribution in [2.75, 3.05) is 31.2 Å². The van der Waals surface area contributed by atoms with E-state index >= 15 is 0 Å². The molecule has 1 aliphatic rings. The lowest BCUT2D eigenvalue weighted by molar-refractivity contribution is 0.122. The summed E-state index contributed by atoms with van der Waals surface area (Å²) in [6.07, 6.45) is 3.67. The number of morpholine rings is 1. The summed E-state index contributed by atoms with van der Waals surface area (Å²) in [5.41, 5.74) is 4.13. The zero-order valence-corrected chi connectivity index (χ0v) is 15.1. The molecule has 0 radical (unpaired) electrons. The number of H-pyrrole nitrogens is 1. The van der Waals surface area contributed by atoms with Crippen LogP contribution in [0.4, 0.5) is 5.82 Å². The van der Waals surface area contributed by atoms with E-state index in [1.54, 1.807) is 6.20 Å². The highest BCUT2D eigenvalue weighted by molar-refractivity contribution is 6.05. The fraction of sp³-hybridized carbons (Fsp3) is 0.190. The monoisotopic (exact) mass is 371 g/mol. The summed E-state index contributed by atoms with van der Waals surface area (Å²) >= 11 is 0. The second-order valence-electron chi connectivity index (χ2n) is 6.89. The van der Waals surface area contributed by atoms with Gasteiger partial charge in [0.25, 0.3) is 0 Å². The summed E-state index contributed by atoms with van der Waals surface area (Å²) in [5, 5.41) is 2.03. The summed E-state index contributed by atoms with van der Waals surface area (Å²) in [4.78, 5) is 19.6. The van der Waals surface area contributed by atoms with Crippen LogP contribution in [-0.2, 0) is 4.74 Å². The van der Waals surface area contributed by atoms with Crippen LogP contribution in [0, 0.1) is 0 Å². The Labute approximate surface area is 160 Å². The van der Waals surface area contributed by atoms with Crippen LogP contribution in [0.15, 0.2) is 53.2 Å². The van der Waals surface area contributed by atoms with E-state index in [2.05, 4.69) is 33.1 Å². The highest BCUT2D eigenvalue weighted by Gasteiger charge is 2.22. The number of anilines is 1. The molecule has 0 amide bonds. The third-order valence-corrected chi connectivity index (χ3v) is 5.19. The predicted molar refractivity (Wildman–Crippen MR) is 107 cm³/mol. The second kappa shape index (κ2) is 6.03. The number of pyridine rings is 1. The first-order chi connectivity index (χ1) is 13.9. The number of nitrogens with one attached hydrogen (secondary N) is 1. The number of benzene rings is 1. The molecule has 0 aliphatic carbocycles. The normalized spacial score (nSPS) is 15.1. The van der Waals surface area contributed by atoms with Crippen molar-refractivity contribution in [3.63, 3.8) is 0 Å². The fourth-order valence-electron chi connectivity index (χ4n) is 3.78. The molecule has 138 valence electrons. The van der Waals surface area contributed by atoms with E-state index < -0.39 is 0 Å². The minimum Gasteiger partial charge on any atom is -0.432 e. The number of fused-ring (bicyclic) bond motifs is 4.